The Morgan fingerprint density at radius 3 is 1.18 bits per heavy atom. The van der Waals surface area contributed by atoms with Crippen LogP contribution in [0.1, 0.15) is 136 Å². The fraction of sp³-hybridized carbons (Fsp3) is 0.544. The molecule has 0 saturated carbocycles. The number of benzene rings is 3. The molecule has 1 fully saturated rings. The maximum Gasteiger partial charge on any atom is 0.305 e. The van der Waals surface area contributed by atoms with Crippen LogP contribution in [0.25, 0.3) is 0 Å². The molecule has 14 amide bonds. The van der Waals surface area contributed by atoms with Gasteiger partial charge >= 0.3 is 5.97 Å². The Kier molecular flexibility index (Phi) is 43.2. The van der Waals surface area contributed by atoms with Gasteiger partial charge in [0.05, 0.1) is 18.7 Å². The lowest BCUT2D eigenvalue weighted by atomic mass is 9.94. The van der Waals surface area contributed by atoms with E-state index in [1.165, 1.54) is 24.3 Å². The molecule has 3 aromatic rings. The van der Waals surface area contributed by atoms with Crippen LogP contribution >= 0.6 is 11.8 Å². The molecule has 0 aromatic heterocycles. The second kappa shape index (κ2) is 51.8. The number of carboxylic acids is 1. The standard InChI is InChI=1S/C79H121N23O17S/c1-9-44(7)63-75(118)94-52(26-19-33-89-79(85)86)67(110)98-57(38-61(106)107)72(115)93-50(24-17-31-87-77(81)82)66(109)96-56(37-48-27-29-49(103)30-28-48)71(114)97-55(36-47-22-15-12-16-23-47)70(113)92-51(25-18-32-88-78(83)84)68(111)99-58(65(108)90-39-59(80)104)40-120-41-60(105)91-54(35-46-20-13-11-14-21-46)69(112)95-53(34-42(3)4)73(116)101-64(45(8)10-2)76(119)100-62(43(5)6)74(117)102-63/h11-16,20-23,27-30,42-45,50-58,62-64,103H,9-10,17-19,24-26,31-41H2,1-8H3,(H2,80,104)(H,90,108)(H,91,105)(H,92,113)(H,93,115)(H,94,118)(H,95,112)(H,96,109)(H,97,114)(H,98,110)(H,99,111)(H,100,119)(H,101,116)(H,102,117)(H,106,107)(H4,81,82,87)(H4,83,84,88)(H4,85,86,89)/t44-,45-,50-,51-,52-,53-,54-,55-,56-,57-,58-,62-,63-,64-/m0/s1. The van der Waals surface area contributed by atoms with Crippen LogP contribution in [0.3, 0.4) is 0 Å². The minimum absolute atomic E-state index is 0.00277. The number of phenolic OH excluding ortho intramolecular Hbond substituents is 1. The van der Waals surface area contributed by atoms with Gasteiger partial charge in [-0.1, -0.05) is 141 Å². The summed E-state index contributed by atoms with van der Waals surface area (Å²) in [4.78, 5) is 217. The summed E-state index contributed by atoms with van der Waals surface area (Å²) in [6.45, 7) is 12.6. The van der Waals surface area contributed by atoms with E-state index in [0.717, 1.165) is 11.8 Å². The molecule has 1 saturated heterocycles. The number of nitrogens with one attached hydrogen (secondary N) is 19. The van der Waals surface area contributed by atoms with Crippen molar-refractivity contribution in [1.82, 2.24) is 85.1 Å². The van der Waals surface area contributed by atoms with Gasteiger partial charge in [-0.2, -0.15) is 0 Å². The molecule has 1 aliphatic rings. The number of amides is 14. The number of hydrogen-bond acceptors (Lipinski definition) is 20. The van der Waals surface area contributed by atoms with Crippen molar-refractivity contribution in [2.75, 3.05) is 37.7 Å². The van der Waals surface area contributed by atoms with Gasteiger partial charge in [0.1, 0.15) is 78.3 Å². The summed E-state index contributed by atoms with van der Waals surface area (Å²) in [6.07, 6.45) is -2.42. The molecule has 14 atom stereocenters. The molecule has 0 spiro atoms. The molecule has 4 rings (SSSR count). The topological polar surface area (TPSA) is 665 Å². The Morgan fingerprint density at radius 2 is 0.775 bits per heavy atom. The monoisotopic (exact) mass is 1700 g/mol. The minimum atomic E-state index is -2.05. The number of carboxylic acid groups (broad SMARTS) is 1. The Labute approximate surface area is 701 Å². The second-order valence-electron chi connectivity index (χ2n) is 30.2. The highest BCUT2D eigenvalue weighted by Crippen LogP contribution is 2.19. The van der Waals surface area contributed by atoms with Gasteiger partial charge in [0.2, 0.25) is 82.7 Å². The lowest BCUT2D eigenvalue weighted by Crippen LogP contribution is -2.62. The number of guanidine groups is 3. The third kappa shape index (κ3) is 36.7. The van der Waals surface area contributed by atoms with Crippen LogP contribution in [0.15, 0.2) is 84.9 Å². The average Bonchev–Trinajstić information content (AvgIpc) is 0.838. The lowest BCUT2D eigenvalue weighted by molar-refractivity contribution is -0.141. The summed E-state index contributed by atoms with van der Waals surface area (Å²) in [5.74, 6) is -20.2. The van der Waals surface area contributed by atoms with Gasteiger partial charge in [0, 0.05) is 44.6 Å². The Bertz CT molecular complexity index is 4000. The number of carbonyl (C=O) groups excluding carboxylic acids is 14. The van der Waals surface area contributed by atoms with Crippen molar-refractivity contribution in [3.05, 3.63) is 102 Å². The van der Waals surface area contributed by atoms with Crippen molar-refractivity contribution in [3.8, 4) is 5.75 Å². The molecular weight excluding hydrogens is 1580 g/mol. The first-order valence-corrected chi connectivity index (χ1v) is 41.0. The lowest BCUT2D eigenvalue weighted by Gasteiger charge is -2.32. The average molecular weight is 1700 g/mol. The zero-order valence-corrected chi connectivity index (χ0v) is 69.8. The highest BCUT2D eigenvalue weighted by atomic mass is 32.2. The first-order chi connectivity index (χ1) is 56.8. The third-order valence-electron chi connectivity index (χ3n) is 19.5. The number of primary amides is 1. The molecule has 1 heterocycles. The van der Waals surface area contributed by atoms with Crippen LogP contribution in [0.5, 0.6) is 5.75 Å². The van der Waals surface area contributed by atoms with Gasteiger partial charge in [-0.05, 0) is 97.4 Å². The van der Waals surface area contributed by atoms with Crippen LogP contribution in [0, 0.1) is 39.9 Å². The molecule has 41 heteroatoms. The number of carbonyl (C=O) groups is 15. The van der Waals surface area contributed by atoms with Gasteiger partial charge in [0.25, 0.3) is 0 Å². The van der Waals surface area contributed by atoms with Gasteiger partial charge in [-0.3, -0.25) is 88.1 Å². The van der Waals surface area contributed by atoms with E-state index in [0.29, 0.717) is 23.1 Å². The number of rotatable bonds is 30. The van der Waals surface area contributed by atoms with E-state index in [-0.39, 0.29) is 95.5 Å². The number of hydrogen-bond donors (Lipinski definition) is 25. The minimum Gasteiger partial charge on any atom is -0.508 e. The zero-order valence-electron chi connectivity index (χ0n) is 69.0. The van der Waals surface area contributed by atoms with Crippen LogP contribution in [-0.2, 0) is 91.2 Å². The number of aliphatic carboxylic acids is 1. The zero-order chi connectivity index (χ0) is 89.3. The summed E-state index contributed by atoms with van der Waals surface area (Å²) in [6, 6.07) is 3.08. The highest BCUT2D eigenvalue weighted by molar-refractivity contribution is 8.00. The molecule has 40 nitrogen and oxygen atoms in total. The predicted octanol–water partition coefficient (Wildman–Crippen LogP) is -3.36. The Balaban J connectivity index is 2.01. The van der Waals surface area contributed by atoms with Crippen molar-refractivity contribution >= 4 is 118 Å². The van der Waals surface area contributed by atoms with Crippen molar-refractivity contribution < 1.29 is 82.1 Å². The number of nitrogens with two attached hydrogens (primary N) is 4. The molecule has 0 radical (unpaired) electrons. The van der Waals surface area contributed by atoms with E-state index in [4.69, 9.17) is 39.2 Å². The largest absolute Gasteiger partial charge is 0.508 e. The maximum absolute atomic E-state index is 15.2. The number of phenols is 1. The van der Waals surface area contributed by atoms with E-state index in [1.54, 1.807) is 116 Å². The van der Waals surface area contributed by atoms with Crippen molar-refractivity contribution in [2.45, 2.75) is 211 Å². The number of thioether (sulfide) groups is 1. The van der Waals surface area contributed by atoms with Crippen LogP contribution in [0.4, 0.5) is 0 Å². The van der Waals surface area contributed by atoms with E-state index < -0.39 is 228 Å². The first kappa shape index (κ1) is 100. The fourth-order valence-corrected chi connectivity index (χ4v) is 13.4. The maximum atomic E-state index is 15.2. The molecule has 29 N–H and O–H groups in total. The fourth-order valence-electron chi connectivity index (χ4n) is 12.5. The smallest absolute Gasteiger partial charge is 0.305 e. The second-order valence-corrected chi connectivity index (χ2v) is 31.2. The highest BCUT2D eigenvalue weighted by Gasteiger charge is 2.40. The summed E-state index contributed by atoms with van der Waals surface area (Å²) < 4.78 is 0. The van der Waals surface area contributed by atoms with Gasteiger partial charge < -0.3 is 118 Å². The molecule has 0 bridgehead atoms. The molecule has 0 unspecified atom stereocenters. The molecular formula is C79H121N23O17S. The van der Waals surface area contributed by atoms with Crippen LogP contribution in [0.2, 0.25) is 0 Å². The normalized spacial score (nSPS) is 22.9. The van der Waals surface area contributed by atoms with Crippen LogP contribution < -0.4 is 108 Å². The molecule has 1 aliphatic heterocycles. The summed E-state index contributed by atoms with van der Waals surface area (Å²) in [7, 11) is 0. The summed E-state index contributed by atoms with van der Waals surface area (Å²) in [5, 5.41) is 85.8. The Morgan fingerprint density at radius 1 is 0.433 bits per heavy atom. The van der Waals surface area contributed by atoms with Crippen molar-refractivity contribution in [3.63, 3.8) is 0 Å². The SMILES string of the molecule is CC[C@H](C)[C@@H]1NC(=O)[C@H](CC(C)C)NC(=O)[C@H](Cc2ccccc2)NC(=O)CSC[C@@H](C(=O)NCC(N)=O)NC(=O)[C@H](CCCNC(=N)N)NC(=O)[C@H](Cc2ccccc2)NC(=O)[C@H](Cc2ccc(O)cc2)NC(=O)[C@H](CCCNC(=N)N)NC(=O)[C@H](CC(=O)O)NC(=O)[C@H](CCCNC(=N)N)NC(=O)[C@H]([C@@H](C)CC)NC(=O)[C@H](C(C)C)NC1=O. The van der Waals surface area contributed by atoms with Crippen molar-refractivity contribution in [2.24, 2.45) is 46.6 Å². The predicted molar refractivity (Wildman–Crippen MR) is 448 cm³/mol. The van der Waals surface area contributed by atoms with Gasteiger partial charge in [-0.15, -0.1) is 11.8 Å². The Hall–Kier alpha value is -12.3. The number of aromatic hydroxyl groups is 1. The first-order valence-electron chi connectivity index (χ1n) is 39.9. The van der Waals surface area contributed by atoms with Gasteiger partial charge in [0.15, 0.2) is 17.9 Å². The quantitative estimate of drug-likeness (QED) is 0.0176. The van der Waals surface area contributed by atoms with Crippen molar-refractivity contribution in [1.29, 1.82) is 16.2 Å². The van der Waals surface area contributed by atoms with Gasteiger partial charge in [-0.25, -0.2) is 0 Å². The molecule has 3 aromatic carbocycles. The van der Waals surface area contributed by atoms with E-state index >= 15 is 14.4 Å². The molecule has 0 aliphatic carbocycles. The van der Waals surface area contributed by atoms with E-state index in [1.807, 2.05) is 0 Å². The van der Waals surface area contributed by atoms with E-state index in [9.17, 15) is 67.7 Å². The molecule has 660 valence electrons. The summed E-state index contributed by atoms with van der Waals surface area (Å²) in [5.41, 5.74) is 23.5. The molecule has 120 heavy (non-hydrogen) atoms. The third-order valence-corrected chi connectivity index (χ3v) is 20.5. The van der Waals surface area contributed by atoms with Crippen LogP contribution in [-0.4, -0.2) is 227 Å². The van der Waals surface area contributed by atoms with E-state index in [2.05, 4.69) is 85.1 Å². The summed E-state index contributed by atoms with van der Waals surface area (Å²) >= 11 is 0.795.